The van der Waals surface area contributed by atoms with Gasteiger partial charge in [-0.3, -0.25) is 0 Å². The van der Waals surface area contributed by atoms with E-state index in [4.69, 9.17) is 23.2 Å². The van der Waals surface area contributed by atoms with E-state index >= 15 is 0 Å². The van der Waals surface area contributed by atoms with Crippen LogP contribution < -0.4 is 0 Å². The summed E-state index contributed by atoms with van der Waals surface area (Å²) in [5, 5.41) is 26.6. The lowest BCUT2D eigenvalue weighted by Gasteiger charge is -2.02. The molecule has 0 atom stereocenters. The van der Waals surface area contributed by atoms with Gasteiger partial charge in [0.1, 0.15) is 0 Å². The summed E-state index contributed by atoms with van der Waals surface area (Å²) < 4.78 is 0. The Kier molecular flexibility index (Phi) is 5.68. The highest BCUT2D eigenvalue weighted by molar-refractivity contribution is 6.44. The van der Waals surface area contributed by atoms with Gasteiger partial charge in [0.05, 0.1) is 0 Å². The third-order valence-corrected chi connectivity index (χ3v) is 3.39. The number of halogens is 2. The van der Waals surface area contributed by atoms with Crippen LogP contribution in [0, 0.1) is 0 Å². The number of hydrogen-bond acceptors (Lipinski definition) is 4. The molecule has 8 heteroatoms. The summed E-state index contributed by atoms with van der Waals surface area (Å²) in [5.74, 6) is -2.69. The Labute approximate surface area is 146 Å². The summed E-state index contributed by atoms with van der Waals surface area (Å²) in [6.07, 6.45) is 0. The first-order chi connectivity index (χ1) is 11.4. The van der Waals surface area contributed by atoms with Crippen molar-refractivity contribution in [2.45, 2.75) is 0 Å². The summed E-state index contributed by atoms with van der Waals surface area (Å²) in [7, 11) is 0. The van der Waals surface area contributed by atoms with Gasteiger partial charge in [-0.05, 0) is 24.3 Å². The molecule has 0 bridgehead atoms. The number of aliphatic carboxylic acids is 2. The minimum Gasteiger partial charge on any atom is -0.476 e. The first-order valence-corrected chi connectivity index (χ1v) is 7.28. The van der Waals surface area contributed by atoms with Crippen molar-refractivity contribution in [1.29, 1.82) is 0 Å². The maximum absolute atomic E-state index is 11.4. The van der Waals surface area contributed by atoms with Crippen molar-refractivity contribution in [2.24, 2.45) is 10.2 Å². The van der Waals surface area contributed by atoms with Crippen LogP contribution >= 0.6 is 23.2 Å². The molecule has 0 aromatic heterocycles. The average molecular weight is 365 g/mol. The number of carboxylic acid groups (broad SMARTS) is 2. The molecule has 24 heavy (non-hydrogen) atoms. The predicted octanol–water partition coefficient (Wildman–Crippen LogP) is 3.36. The van der Waals surface area contributed by atoms with E-state index in [1.54, 1.807) is 0 Å². The molecule has 0 heterocycles. The van der Waals surface area contributed by atoms with Gasteiger partial charge >= 0.3 is 11.9 Å². The molecule has 0 unspecified atom stereocenters. The van der Waals surface area contributed by atoms with Crippen LogP contribution in [-0.2, 0) is 9.59 Å². The van der Waals surface area contributed by atoms with Crippen molar-refractivity contribution in [3.8, 4) is 0 Å². The van der Waals surface area contributed by atoms with E-state index in [0.29, 0.717) is 10.0 Å². The Morgan fingerprint density at radius 3 is 1.21 bits per heavy atom. The van der Waals surface area contributed by atoms with Gasteiger partial charge in [0.15, 0.2) is 11.4 Å². The van der Waals surface area contributed by atoms with E-state index in [2.05, 4.69) is 10.2 Å². The molecule has 0 saturated heterocycles. The van der Waals surface area contributed by atoms with Crippen LogP contribution in [0.4, 0.5) is 0 Å². The molecule has 0 spiro atoms. The predicted molar refractivity (Wildman–Crippen MR) is 91.2 cm³/mol. The second-order valence-electron chi connectivity index (χ2n) is 4.52. The summed E-state index contributed by atoms with van der Waals surface area (Å²) in [4.78, 5) is 22.7. The van der Waals surface area contributed by atoms with Gasteiger partial charge in [-0.15, -0.1) is 10.2 Å². The minimum absolute atomic E-state index is 0.247. The minimum atomic E-state index is -1.35. The van der Waals surface area contributed by atoms with Crippen molar-refractivity contribution in [3.63, 3.8) is 0 Å². The van der Waals surface area contributed by atoms with Crippen LogP contribution in [0.3, 0.4) is 0 Å². The molecular weight excluding hydrogens is 355 g/mol. The van der Waals surface area contributed by atoms with E-state index in [0.717, 1.165) is 0 Å². The molecule has 0 aliphatic carbocycles. The Morgan fingerprint density at radius 1 is 0.667 bits per heavy atom. The summed E-state index contributed by atoms with van der Waals surface area (Å²) in [6, 6.07) is 11.8. The monoisotopic (exact) mass is 364 g/mol. The molecule has 0 saturated carbocycles. The summed E-state index contributed by atoms with van der Waals surface area (Å²) in [6.45, 7) is 0. The average Bonchev–Trinajstić information content (AvgIpc) is 2.53. The molecule has 0 aliphatic heterocycles. The molecule has 0 amide bonds. The van der Waals surface area contributed by atoms with Gasteiger partial charge in [0.25, 0.3) is 0 Å². The molecule has 0 fully saturated rings. The van der Waals surface area contributed by atoms with Gasteiger partial charge in [0.2, 0.25) is 0 Å². The Hall–Kier alpha value is -2.70. The van der Waals surface area contributed by atoms with E-state index in [-0.39, 0.29) is 11.1 Å². The van der Waals surface area contributed by atoms with Crippen LogP contribution in [0.25, 0.3) is 0 Å². The molecule has 2 aromatic carbocycles. The number of benzene rings is 2. The fraction of sp³-hybridized carbons (Fsp3) is 0. The van der Waals surface area contributed by atoms with Crippen LogP contribution in [0.1, 0.15) is 11.1 Å². The van der Waals surface area contributed by atoms with Crippen molar-refractivity contribution >= 4 is 46.6 Å². The molecule has 0 radical (unpaired) electrons. The molecule has 2 N–H and O–H groups in total. The Morgan fingerprint density at radius 2 is 0.958 bits per heavy atom. The fourth-order valence-electron chi connectivity index (χ4n) is 1.76. The van der Waals surface area contributed by atoms with Gasteiger partial charge < -0.3 is 10.2 Å². The maximum atomic E-state index is 11.4. The zero-order valence-corrected chi connectivity index (χ0v) is 13.5. The standard InChI is InChI=1S/C16H10Cl2N2O4/c17-11-5-1-9(2-6-11)13(15(21)22)19-20-14(16(23)24)10-3-7-12(18)8-4-10/h1-8H,(H,21,22)(H,23,24)/b19-13+,20-14+. The smallest absolute Gasteiger partial charge is 0.357 e. The molecule has 2 rings (SSSR count). The highest BCUT2D eigenvalue weighted by Crippen LogP contribution is 2.13. The van der Waals surface area contributed by atoms with Gasteiger partial charge in [-0.25, -0.2) is 9.59 Å². The third kappa shape index (κ3) is 4.41. The maximum Gasteiger partial charge on any atom is 0.357 e. The van der Waals surface area contributed by atoms with Crippen LogP contribution in [0.2, 0.25) is 10.0 Å². The Balaban J connectivity index is 2.47. The van der Waals surface area contributed by atoms with Crippen molar-refractivity contribution in [3.05, 3.63) is 69.7 Å². The van der Waals surface area contributed by atoms with Crippen LogP contribution in [-0.4, -0.2) is 33.6 Å². The lowest BCUT2D eigenvalue weighted by Crippen LogP contribution is -2.17. The molecule has 122 valence electrons. The summed E-state index contributed by atoms with van der Waals surface area (Å²) in [5.41, 5.74) is -0.313. The molecule has 2 aromatic rings. The van der Waals surface area contributed by atoms with Gasteiger partial charge in [-0.2, -0.15) is 0 Å². The van der Waals surface area contributed by atoms with E-state index in [1.807, 2.05) is 0 Å². The fourth-order valence-corrected chi connectivity index (χ4v) is 2.02. The van der Waals surface area contributed by atoms with Crippen molar-refractivity contribution in [2.75, 3.05) is 0 Å². The zero-order valence-electron chi connectivity index (χ0n) is 12.0. The molecule has 6 nitrogen and oxygen atoms in total. The number of nitrogens with zero attached hydrogens (tertiary/aromatic N) is 2. The largest absolute Gasteiger partial charge is 0.476 e. The summed E-state index contributed by atoms with van der Waals surface area (Å²) >= 11 is 11.5. The van der Waals surface area contributed by atoms with Crippen LogP contribution in [0.5, 0.6) is 0 Å². The highest BCUT2D eigenvalue weighted by atomic mass is 35.5. The lowest BCUT2D eigenvalue weighted by molar-refractivity contribution is -0.130. The first kappa shape index (κ1) is 17.7. The third-order valence-electron chi connectivity index (χ3n) is 2.89. The molecule has 0 aliphatic rings. The van der Waals surface area contributed by atoms with Gasteiger partial charge in [0, 0.05) is 21.2 Å². The quantitative estimate of drug-likeness (QED) is 0.627. The SMILES string of the molecule is O=C(O)/C(=N/N=C(/C(=O)O)c1ccc(Cl)cc1)c1ccc(Cl)cc1. The lowest BCUT2D eigenvalue weighted by atomic mass is 10.1. The van der Waals surface area contributed by atoms with Crippen molar-refractivity contribution < 1.29 is 19.8 Å². The van der Waals surface area contributed by atoms with Crippen molar-refractivity contribution in [1.82, 2.24) is 0 Å². The topological polar surface area (TPSA) is 99.3 Å². The normalized spacial score (nSPS) is 12.1. The zero-order chi connectivity index (χ0) is 17.7. The Bertz CT molecular complexity index is 757. The number of hydrogen-bond donors (Lipinski definition) is 2. The number of rotatable bonds is 5. The van der Waals surface area contributed by atoms with E-state index < -0.39 is 23.4 Å². The van der Waals surface area contributed by atoms with E-state index in [9.17, 15) is 19.8 Å². The van der Waals surface area contributed by atoms with Crippen LogP contribution in [0.15, 0.2) is 58.7 Å². The first-order valence-electron chi connectivity index (χ1n) is 6.52. The second-order valence-corrected chi connectivity index (χ2v) is 5.39. The van der Waals surface area contributed by atoms with Gasteiger partial charge in [-0.1, -0.05) is 47.5 Å². The number of carboxylic acids is 2. The highest BCUT2D eigenvalue weighted by Gasteiger charge is 2.16. The number of carbonyl (C=O) groups is 2. The van der Waals surface area contributed by atoms with E-state index in [1.165, 1.54) is 48.5 Å². The second kappa shape index (κ2) is 7.72. The molecular formula is C16H10Cl2N2O4.